The van der Waals surface area contributed by atoms with Crippen LogP contribution in [0.1, 0.15) is 19.8 Å². The third kappa shape index (κ3) is 3.96. The molecule has 0 aromatic carbocycles. The topological polar surface area (TPSA) is 28.2 Å². The van der Waals surface area contributed by atoms with Crippen molar-refractivity contribution in [3.8, 4) is 0 Å². The maximum atomic E-state index is 4.06. The van der Waals surface area contributed by atoms with E-state index >= 15 is 0 Å². The number of pyridine rings is 1. The van der Waals surface area contributed by atoms with Crippen LogP contribution in [0.15, 0.2) is 22.9 Å². The number of nitrogens with one attached hydrogen (secondary N) is 1. The van der Waals surface area contributed by atoms with Gasteiger partial charge in [-0.25, -0.2) is 0 Å². The van der Waals surface area contributed by atoms with Gasteiger partial charge in [0.05, 0.1) is 10.2 Å². The zero-order chi connectivity index (χ0) is 12.1. The monoisotopic (exact) mass is 297 g/mol. The van der Waals surface area contributed by atoms with E-state index in [4.69, 9.17) is 0 Å². The molecule has 1 saturated heterocycles. The Balaban J connectivity index is 1.75. The normalized spacial score (nSPS) is 18.2. The number of likely N-dealkylation sites (tertiary alicyclic amines) is 1. The Labute approximate surface area is 112 Å². The lowest BCUT2D eigenvalue weighted by atomic mass is 10.1. The molecule has 4 heteroatoms. The van der Waals surface area contributed by atoms with E-state index in [0.29, 0.717) is 5.92 Å². The smallest absolute Gasteiger partial charge is 0.0590 e. The van der Waals surface area contributed by atoms with Crippen LogP contribution in [0, 0.1) is 5.92 Å². The quantitative estimate of drug-likeness (QED) is 0.906. The molecule has 1 unspecified atom stereocenters. The second kappa shape index (κ2) is 6.36. The van der Waals surface area contributed by atoms with E-state index < -0.39 is 0 Å². The fourth-order valence-corrected chi connectivity index (χ4v) is 2.66. The number of halogens is 1. The van der Waals surface area contributed by atoms with E-state index in [0.717, 1.165) is 16.7 Å². The van der Waals surface area contributed by atoms with Gasteiger partial charge < -0.3 is 10.2 Å². The highest BCUT2D eigenvalue weighted by Crippen LogP contribution is 2.20. The van der Waals surface area contributed by atoms with Crippen LogP contribution in [-0.4, -0.2) is 36.1 Å². The minimum absolute atomic E-state index is 0.674. The summed E-state index contributed by atoms with van der Waals surface area (Å²) in [6, 6.07) is 2.01. The molecular weight excluding hydrogens is 278 g/mol. The summed E-state index contributed by atoms with van der Waals surface area (Å²) < 4.78 is 1.04. The zero-order valence-corrected chi connectivity index (χ0v) is 11.9. The summed E-state index contributed by atoms with van der Waals surface area (Å²) in [4.78, 5) is 6.62. The molecule has 0 radical (unpaired) electrons. The highest BCUT2D eigenvalue weighted by molar-refractivity contribution is 9.10. The molecule has 0 saturated carbocycles. The van der Waals surface area contributed by atoms with Crippen molar-refractivity contribution in [1.82, 2.24) is 9.88 Å². The standard InChI is InChI=1S/C13H20BrN3/c1-11(10-17-6-2-3-7-17)8-16-13-4-5-15-9-12(13)14/h4-5,9,11H,2-3,6-8,10H2,1H3,(H,15,16). The van der Waals surface area contributed by atoms with Crippen molar-refractivity contribution in [1.29, 1.82) is 0 Å². The Morgan fingerprint density at radius 2 is 2.24 bits per heavy atom. The summed E-state index contributed by atoms with van der Waals surface area (Å²) in [6.45, 7) is 7.09. The number of rotatable bonds is 5. The Kier molecular flexibility index (Phi) is 4.80. The molecule has 0 bridgehead atoms. The van der Waals surface area contributed by atoms with Crippen LogP contribution < -0.4 is 5.32 Å². The minimum Gasteiger partial charge on any atom is -0.384 e. The maximum absolute atomic E-state index is 4.06. The average Bonchev–Trinajstić information content (AvgIpc) is 2.81. The van der Waals surface area contributed by atoms with Crippen LogP contribution >= 0.6 is 15.9 Å². The maximum Gasteiger partial charge on any atom is 0.0590 e. The van der Waals surface area contributed by atoms with E-state index in [1.165, 1.54) is 32.5 Å². The first kappa shape index (κ1) is 12.8. The lowest BCUT2D eigenvalue weighted by Gasteiger charge is -2.21. The van der Waals surface area contributed by atoms with Gasteiger partial charge in [-0.2, -0.15) is 0 Å². The van der Waals surface area contributed by atoms with E-state index in [9.17, 15) is 0 Å². The van der Waals surface area contributed by atoms with Gasteiger partial charge in [-0.05, 0) is 53.8 Å². The average molecular weight is 298 g/mol. The van der Waals surface area contributed by atoms with Gasteiger partial charge in [-0.1, -0.05) is 6.92 Å². The predicted octanol–water partition coefficient (Wildman–Crippen LogP) is 2.99. The second-order valence-electron chi connectivity index (χ2n) is 4.85. The molecule has 1 aliphatic rings. The lowest BCUT2D eigenvalue weighted by Crippen LogP contribution is -2.28. The van der Waals surface area contributed by atoms with Gasteiger partial charge in [0, 0.05) is 25.5 Å². The molecule has 2 rings (SSSR count). The lowest BCUT2D eigenvalue weighted by molar-refractivity contribution is 0.294. The molecular formula is C13H20BrN3. The summed E-state index contributed by atoms with van der Waals surface area (Å²) in [6.07, 6.45) is 6.39. The zero-order valence-electron chi connectivity index (χ0n) is 10.3. The fourth-order valence-electron chi connectivity index (χ4n) is 2.27. The molecule has 1 atom stereocenters. The molecule has 0 aliphatic carbocycles. The predicted molar refractivity (Wildman–Crippen MR) is 75.3 cm³/mol. The van der Waals surface area contributed by atoms with E-state index in [1.807, 2.05) is 18.5 Å². The van der Waals surface area contributed by atoms with E-state index in [1.54, 1.807) is 0 Å². The van der Waals surface area contributed by atoms with Crippen molar-refractivity contribution < 1.29 is 0 Å². The molecule has 17 heavy (non-hydrogen) atoms. The van der Waals surface area contributed by atoms with Gasteiger partial charge in [0.1, 0.15) is 0 Å². The highest BCUT2D eigenvalue weighted by Gasteiger charge is 2.14. The Morgan fingerprint density at radius 1 is 1.47 bits per heavy atom. The Morgan fingerprint density at radius 3 is 2.94 bits per heavy atom. The molecule has 1 N–H and O–H groups in total. The van der Waals surface area contributed by atoms with Crippen molar-refractivity contribution in [3.05, 3.63) is 22.9 Å². The first-order valence-electron chi connectivity index (χ1n) is 6.31. The van der Waals surface area contributed by atoms with Crippen LogP contribution in [0.5, 0.6) is 0 Å². The third-order valence-corrected chi connectivity index (χ3v) is 3.81. The number of hydrogen-bond acceptors (Lipinski definition) is 3. The Hall–Kier alpha value is -0.610. The molecule has 2 heterocycles. The van der Waals surface area contributed by atoms with Gasteiger partial charge in [0.25, 0.3) is 0 Å². The first-order valence-corrected chi connectivity index (χ1v) is 7.11. The molecule has 0 spiro atoms. The number of aromatic nitrogens is 1. The molecule has 1 aliphatic heterocycles. The molecule has 3 nitrogen and oxygen atoms in total. The van der Waals surface area contributed by atoms with Crippen LogP contribution in [0.3, 0.4) is 0 Å². The van der Waals surface area contributed by atoms with Crippen molar-refractivity contribution in [2.24, 2.45) is 5.92 Å². The summed E-state index contributed by atoms with van der Waals surface area (Å²) >= 11 is 3.50. The summed E-state index contributed by atoms with van der Waals surface area (Å²) in [5.41, 5.74) is 1.13. The minimum atomic E-state index is 0.674. The first-order chi connectivity index (χ1) is 8.25. The van der Waals surface area contributed by atoms with Gasteiger partial charge in [0.2, 0.25) is 0 Å². The van der Waals surface area contributed by atoms with Crippen LogP contribution in [0.2, 0.25) is 0 Å². The van der Waals surface area contributed by atoms with E-state index in [2.05, 4.69) is 38.1 Å². The van der Waals surface area contributed by atoms with Gasteiger partial charge in [0.15, 0.2) is 0 Å². The second-order valence-corrected chi connectivity index (χ2v) is 5.70. The van der Waals surface area contributed by atoms with Crippen molar-refractivity contribution >= 4 is 21.6 Å². The highest BCUT2D eigenvalue weighted by atomic mass is 79.9. The largest absolute Gasteiger partial charge is 0.384 e. The van der Waals surface area contributed by atoms with Crippen molar-refractivity contribution in [2.75, 3.05) is 31.5 Å². The number of hydrogen-bond donors (Lipinski definition) is 1. The van der Waals surface area contributed by atoms with E-state index in [-0.39, 0.29) is 0 Å². The van der Waals surface area contributed by atoms with Crippen LogP contribution in [0.4, 0.5) is 5.69 Å². The SMILES string of the molecule is CC(CNc1ccncc1Br)CN1CCCC1. The molecule has 1 aromatic heterocycles. The van der Waals surface area contributed by atoms with Crippen molar-refractivity contribution in [3.63, 3.8) is 0 Å². The van der Waals surface area contributed by atoms with Gasteiger partial charge >= 0.3 is 0 Å². The summed E-state index contributed by atoms with van der Waals surface area (Å²) in [7, 11) is 0. The summed E-state index contributed by atoms with van der Waals surface area (Å²) in [5, 5.41) is 3.47. The van der Waals surface area contributed by atoms with Gasteiger partial charge in [-0.15, -0.1) is 0 Å². The molecule has 0 amide bonds. The van der Waals surface area contributed by atoms with Crippen LogP contribution in [-0.2, 0) is 0 Å². The third-order valence-electron chi connectivity index (χ3n) is 3.18. The number of anilines is 1. The van der Waals surface area contributed by atoms with Crippen LogP contribution in [0.25, 0.3) is 0 Å². The molecule has 1 fully saturated rings. The fraction of sp³-hybridized carbons (Fsp3) is 0.615. The molecule has 94 valence electrons. The van der Waals surface area contributed by atoms with Gasteiger partial charge in [-0.3, -0.25) is 4.98 Å². The Bertz CT molecular complexity index is 350. The summed E-state index contributed by atoms with van der Waals surface area (Å²) in [5.74, 6) is 0.674. The molecule has 1 aromatic rings. The number of nitrogens with zero attached hydrogens (tertiary/aromatic N) is 2. The van der Waals surface area contributed by atoms with Crippen molar-refractivity contribution in [2.45, 2.75) is 19.8 Å².